The summed E-state index contributed by atoms with van der Waals surface area (Å²) in [6.07, 6.45) is 6.44. The summed E-state index contributed by atoms with van der Waals surface area (Å²) in [6, 6.07) is 1.18. The van der Waals surface area contributed by atoms with Gasteiger partial charge in [0, 0.05) is 24.7 Å². The smallest absolute Gasteiger partial charge is 0.341 e. The summed E-state index contributed by atoms with van der Waals surface area (Å²) in [7, 11) is 1.42. The number of carboxylic acid groups (broad SMARTS) is 1. The number of anilines is 1. The minimum atomic E-state index is -1.33. The molecule has 1 N–H and O–H groups in total. The van der Waals surface area contributed by atoms with Crippen molar-refractivity contribution in [1.29, 1.82) is 0 Å². The molecule has 1 aromatic heterocycles. The van der Waals surface area contributed by atoms with Gasteiger partial charge in [-0.3, -0.25) is 9.79 Å². The molecule has 1 fully saturated rings. The van der Waals surface area contributed by atoms with Crippen LogP contribution in [-0.2, 0) is 0 Å². The van der Waals surface area contributed by atoms with Crippen LogP contribution in [0.4, 0.5) is 10.1 Å². The van der Waals surface area contributed by atoms with Crippen LogP contribution in [0.1, 0.15) is 36.2 Å². The average molecular weight is 371 g/mol. The maximum atomic E-state index is 15.0. The van der Waals surface area contributed by atoms with Gasteiger partial charge >= 0.3 is 5.97 Å². The molecule has 2 aliphatic rings. The van der Waals surface area contributed by atoms with Crippen LogP contribution < -0.4 is 15.1 Å². The second kappa shape index (κ2) is 6.22. The number of carboxylic acids is 1. The van der Waals surface area contributed by atoms with Gasteiger partial charge in [-0.05, 0) is 25.8 Å². The lowest BCUT2D eigenvalue weighted by Crippen LogP contribution is -2.25. The Balaban J connectivity index is 2.08. The van der Waals surface area contributed by atoms with Gasteiger partial charge in [-0.2, -0.15) is 0 Å². The first-order chi connectivity index (χ1) is 12.9. The number of hydrogen-bond donors (Lipinski definition) is 1. The molecular formula is C19H18FN3O4. The van der Waals surface area contributed by atoms with Crippen LogP contribution in [0.25, 0.3) is 10.9 Å². The molecule has 1 aliphatic carbocycles. The Morgan fingerprint density at radius 2 is 2.15 bits per heavy atom. The fraction of sp³-hybridized carbons (Fsp3) is 0.316. The van der Waals surface area contributed by atoms with Crippen LogP contribution in [0.15, 0.2) is 33.9 Å². The molecule has 0 bridgehead atoms. The van der Waals surface area contributed by atoms with Crippen molar-refractivity contribution in [2.75, 3.05) is 18.6 Å². The van der Waals surface area contributed by atoms with Gasteiger partial charge in [0.15, 0.2) is 11.6 Å². The standard InChI is InChI=1S/C19H18FN3O4/c1-10-8-22(6-5-21-10)16-14(20)7-12-15(18(16)27-2)23(11-3-4-11)9-13(17(12)24)19(25)26/h5,7-9,11H,3-4,6H2,1-2H3,(H,25,26). The molecule has 1 aliphatic heterocycles. The van der Waals surface area contributed by atoms with E-state index in [0.717, 1.165) is 18.9 Å². The number of methoxy groups -OCH3 is 1. The van der Waals surface area contributed by atoms with E-state index >= 15 is 4.39 Å². The SMILES string of the molecule is COc1c(N2C=C(C)N=CC2)c(F)cc2c(=O)c(C(=O)O)cn(C3CC3)c12. The van der Waals surface area contributed by atoms with Crippen LogP contribution in [0.3, 0.4) is 0 Å². The zero-order valence-corrected chi connectivity index (χ0v) is 14.9. The van der Waals surface area contributed by atoms with Crippen molar-refractivity contribution in [3.8, 4) is 5.75 Å². The molecular weight excluding hydrogens is 353 g/mol. The van der Waals surface area contributed by atoms with Gasteiger partial charge in [-0.25, -0.2) is 9.18 Å². The number of carbonyl (C=O) groups is 1. The topological polar surface area (TPSA) is 84.1 Å². The molecule has 1 saturated carbocycles. The molecule has 0 saturated heterocycles. The van der Waals surface area contributed by atoms with Crippen molar-refractivity contribution < 1.29 is 19.0 Å². The Morgan fingerprint density at radius 1 is 1.41 bits per heavy atom. The molecule has 2 heterocycles. The van der Waals surface area contributed by atoms with Crippen molar-refractivity contribution >= 4 is 28.8 Å². The Morgan fingerprint density at radius 3 is 2.74 bits per heavy atom. The van der Waals surface area contributed by atoms with Crippen molar-refractivity contribution in [2.45, 2.75) is 25.8 Å². The van der Waals surface area contributed by atoms with Crippen molar-refractivity contribution in [1.82, 2.24) is 4.57 Å². The first-order valence-corrected chi connectivity index (χ1v) is 8.58. The van der Waals surface area contributed by atoms with Crippen LogP contribution in [0.2, 0.25) is 0 Å². The van der Waals surface area contributed by atoms with Gasteiger partial charge in [0.1, 0.15) is 11.3 Å². The molecule has 140 valence electrons. The summed E-state index contributed by atoms with van der Waals surface area (Å²) in [5.41, 5.74) is 0.241. The third-order valence-electron chi connectivity index (χ3n) is 4.78. The number of benzene rings is 1. The summed E-state index contributed by atoms with van der Waals surface area (Å²) in [5.74, 6) is -1.77. The Hall–Kier alpha value is -3.16. The summed E-state index contributed by atoms with van der Waals surface area (Å²) in [6.45, 7) is 2.16. The van der Waals surface area contributed by atoms with E-state index < -0.39 is 17.2 Å². The molecule has 27 heavy (non-hydrogen) atoms. The number of rotatable bonds is 4. The summed E-state index contributed by atoms with van der Waals surface area (Å²) < 4.78 is 22.3. The van der Waals surface area contributed by atoms with E-state index in [1.807, 2.05) is 0 Å². The first kappa shape index (κ1) is 17.3. The number of halogens is 1. The van der Waals surface area contributed by atoms with Gasteiger partial charge in [0.2, 0.25) is 5.43 Å². The number of nitrogens with zero attached hydrogens (tertiary/aromatic N) is 3. The first-order valence-electron chi connectivity index (χ1n) is 8.58. The minimum absolute atomic E-state index is 0.00581. The van der Waals surface area contributed by atoms with Crippen LogP contribution >= 0.6 is 0 Å². The van der Waals surface area contributed by atoms with E-state index in [1.54, 1.807) is 28.8 Å². The molecule has 4 rings (SSSR count). The van der Waals surface area contributed by atoms with Crippen LogP contribution in [-0.4, -0.2) is 35.5 Å². The molecule has 0 radical (unpaired) electrons. The van der Waals surface area contributed by atoms with Crippen molar-refractivity contribution in [3.05, 3.63) is 45.8 Å². The van der Waals surface area contributed by atoms with Crippen LogP contribution in [0.5, 0.6) is 5.75 Å². The lowest BCUT2D eigenvalue weighted by Gasteiger charge is -2.26. The van der Waals surface area contributed by atoms with Gasteiger partial charge in [0.05, 0.1) is 30.3 Å². The Kier molecular flexibility index (Phi) is 3.98. The Labute approximate surface area is 154 Å². The molecule has 0 amide bonds. The van der Waals surface area contributed by atoms with Crippen molar-refractivity contribution in [3.63, 3.8) is 0 Å². The number of aromatic nitrogens is 1. The highest BCUT2D eigenvalue weighted by Gasteiger charge is 2.31. The maximum absolute atomic E-state index is 15.0. The Bertz CT molecular complexity index is 1080. The molecule has 0 spiro atoms. The fourth-order valence-electron chi connectivity index (χ4n) is 3.44. The summed E-state index contributed by atoms with van der Waals surface area (Å²) >= 11 is 0. The van der Waals surface area contributed by atoms with E-state index in [-0.39, 0.29) is 28.4 Å². The molecule has 0 unspecified atom stereocenters. The van der Waals surface area contributed by atoms with Crippen molar-refractivity contribution in [2.24, 2.45) is 4.99 Å². The number of ether oxygens (including phenoxy) is 1. The number of pyridine rings is 1. The number of hydrogen-bond acceptors (Lipinski definition) is 5. The van der Waals surface area contributed by atoms with Crippen LogP contribution in [0, 0.1) is 5.82 Å². The zero-order chi connectivity index (χ0) is 19.3. The maximum Gasteiger partial charge on any atom is 0.341 e. The van der Waals surface area contributed by atoms with Gasteiger partial charge < -0.3 is 19.3 Å². The highest BCUT2D eigenvalue weighted by molar-refractivity contribution is 5.97. The lowest BCUT2D eigenvalue weighted by molar-refractivity contribution is 0.0695. The number of aliphatic imine (C=N–C) groups is 1. The quantitative estimate of drug-likeness (QED) is 0.893. The lowest BCUT2D eigenvalue weighted by atomic mass is 10.1. The molecule has 8 heteroatoms. The van der Waals surface area contributed by atoms with E-state index in [1.165, 1.54) is 13.3 Å². The number of allylic oxidation sites excluding steroid dienone is 1. The van der Waals surface area contributed by atoms with E-state index in [9.17, 15) is 14.7 Å². The van der Waals surface area contributed by atoms with E-state index in [2.05, 4.69) is 4.99 Å². The zero-order valence-electron chi connectivity index (χ0n) is 14.9. The monoisotopic (exact) mass is 371 g/mol. The largest absolute Gasteiger partial charge is 0.492 e. The van der Waals surface area contributed by atoms with Gasteiger partial charge in [-0.1, -0.05) is 0 Å². The molecule has 2 aromatic rings. The molecule has 0 atom stereocenters. The average Bonchev–Trinajstić information content (AvgIpc) is 3.46. The second-order valence-corrected chi connectivity index (χ2v) is 6.69. The van der Waals surface area contributed by atoms with Gasteiger partial charge in [0.25, 0.3) is 0 Å². The number of aromatic carboxylic acids is 1. The summed E-state index contributed by atoms with van der Waals surface area (Å²) in [4.78, 5) is 30.0. The third-order valence-corrected chi connectivity index (χ3v) is 4.78. The second-order valence-electron chi connectivity index (χ2n) is 6.69. The molecule has 1 aromatic carbocycles. The fourth-order valence-corrected chi connectivity index (χ4v) is 3.44. The predicted molar refractivity (Wildman–Crippen MR) is 99.5 cm³/mol. The highest BCUT2D eigenvalue weighted by Crippen LogP contribution is 2.43. The third kappa shape index (κ3) is 2.77. The number of fused-ring (bicyclic) bond motifs is 1. The van der Waals surface area contributed by atoms with Gasteiger partial charge in [-0.15, -0.1) is 0 Å². The highest BCUT2D eigenvalue weighted by atomic mass is 19.1. The minimum Gasteiger partial charge on any atom is -0.492 e. The molecule has 7 nitrogen and oxygen atoms in total. The normalized spacial score (nSPS) is 16.6. The summed E-state index contributed by atoms with van der Waals surface area (Å²) in [5, 5.41) is 9.37. The van der Waals surface area contributed by atoms with E-state index in [0.29, 0.717) is 17.8 Å². The predicted octanol–water partition coefficient (Wildman–Crippen LogP) is 2.93. The van der Waals surface area contributed by atoms with E-state index in [4.69, 9.17) is 4.74 Å².